The van der Waals surface area contributed by atoms with Crippen LogP contribution in [-0.2, 0) is 9.53 Å². The normalized spacial score (nSPS) is 26.7. The molecular formula is C20H31N3O4. The molecule has 1 aromatic heterocycles. The molecule has 150 valence electrons. The molecule has 1 saturated heterocycles. The number of ether oxygens (including phenoxy) is 1. The minimum absolute atomic E-state index is 0.0671. The van der Waals surface area contributed by atoms with E-state index < -0.39 is 0 Å². The first-order chi connectivity index (χ1) is 13.1. The molecule has 0 unspecified atom stereocenters. The summed E-state index contributed by atoms with van der Waals surface area (Å²) >= 11 is 0. The summed E-state index contributed by atoms with van der Waals surface area (Å²) in [7, 11) is 0. The van der Waals surface area contributed by atoms with Crippen molar-refractivity contribution in [2.45, 2.75) is 63.7 Å². The Morgan fingerprint density at radius 1 is 1.30 bits per heavy atom. The van der Waals surface area contributed by atoms with E-state index in [1.807, 2.05) is 4.90 Å². The van der Waals surface area contributed by atoms with Crippen LogP contribution >= 0.6 is 0 Å². The van der Waals surface area contributed by atoms with Gasteiger partial charge in [0, 0.05) is 38.0 Å². The first-order valence-electron chi connectivity index (χ1n) is 10.1. The molecule has 2 aliphatic rings. The van der Waals surface area contributed by atoms with E-state index in [2.05, 4.69) is 17.2 Å². The van der Waals surface area contributed by atoms with Crippen LogP contribution in [0.15, 0.2) is 18.5 Å². The monoisotopic (exact) mass is 377 g/mol. The van der Waals surface area contributed by atoms with Gasteiger partial charge >= 0.3 is 0 Å². The van der Waals surface area contributed by atoms with Gasteiger partial charge in [-0.1, -0.05) is 6.92 Å². The summed E-state index contributed by atoms with van der Waals surface area (Å²) in [5.41, 5.74) is 0.606. The summed E-state index contributed by atoms with van der Waals surface area (Å²) in [6.45, 7) is 3.94. The third kappa shape index (κ3) is 5.11. The maximum Gasteiger partial charge on any atom is 0.253 e. The van der Waals surface area contributed by atoms with Crippen LogP contribution in [0.25, 0.3) is 0 Å². The van der Waals surface area contributed by atoms with Crippen LogP contribution in [0, 0.1) is 5.92 Å². The number of amides is 2. The number of nitrogens with one attached hydrogen (secondary N) is 2. The topological polar surface area (TPSA) is 94.7 Å². The number of H-pyrrole nitrogens is 1. The quantitative estimate of drug-likeness (QED) is 0.703. The molecule has 1 aromatic rings. The molecule has 3 atom stereocenters. The lowest BCUT2D eigenvalue weighted by molar-refractivity contribution is -0.141. The second kappa shape index (κ2) is 9.37. The van der Waals surface area contributed by atoms with Gasteiger partial charge in [-0.3, -0.25) is 9.59 Å². The zero-order valence-electron chi connectivity index (χ0n) is 16.0. The standard InChI is InChI=1S/C20H31N3O4/c1-2-11-27-18-12-14(20(26)23-9-6-16(24)7-10-23)3-4-17(18)22-19(25)15-5-8-21-13-15/h5,8,13-14,16-18,21,24H,2-4,6-7,9-12H2,1H3,(H,22,25)/t14-,17-,18-/m0/s1. The molecule has 1 aliphatic heterocycles. The number of nitrogens with zero attached hydrogens (tertiary/aromatic N) is 1. The Hall–Kier alpha value is -1.86. The predicted molar refractivity (Wildman–Crippen MR) is 101 cm³/mol. The maximum atomic E-state index is 12.9. The number of aromatic nitrogens is 1. The minimum Gasteiger partial charge on any atom is -0.393 e. The number of carbonyl (C=O) groups excluding carboxylic acids is 2. The Labute approximate surface area is 160 Å². The summed E-state index contributed by atoms with van der Waals surface area (Å²) in [4.78, 5) is 30.1. The molecular weight excluding hydrogens is 346 g/mol. The molecule has 0 radical (unpaired) electrons. The minimum atomic E-state index is -0.283. The molecule has 1 saturated carbocycles. The zero-order chi connectivity index (χ0) is 19.2. The van der Waals surface area contributed by atoms with Gasteiger partial charge in [0.1, 0.15) is 0 Å². The summed E-state index contributed by atoms with van der Waals surface area (Å²) in [5, 5.41) is 12.7. The molecule has 7 nitrogen and oxygen atoms in total. The average molecular weight is 377 g/mol. The highest BCUT2D eigenvalue weighted by atomic mass is 16.5. The van der Waals surface area contributed by atoms with Gasteiger partial charge in [0.05, 0.1) is 23.8 Å². The van der Waals surface area contributed by atoms with Crippen LogP contribution in [-0.4, -0.2) is 64.8 Å². The van der Waals surface area contributed by atoms with Gasteiger partial charge in [-0.25, -0.2) is 0 Å². The van der Waals surface area contributed by atoms with Gasteiger partial charge in [0.2, 0.25) is 5.91 Å². The highest BCUT2D eigenvalue weighted by Gasteiger charge is 2.37. The highest BCUT2D eigenvalue weighted by Crippen LogP contribution is 2.30. The molecule has 2 heterocycles. The fourth-order valence-electron chi connectivity index (χ4n) is 4.03. The lowest BCUT2D eigenvalue weighted by atomic mass is 9.82. The van der Waals surface area contributed by atoms with Crippen LogP contribution in [0.3, 0.4) is 0 Å². The first kappa shape index (κ1) is 19.9. The summed E-state index contributed by atoms with van der Waals surface area (Å²) in [5.74, 6) is -0.00828. The second-order valence-electron chi connectivity index (χ2n) is 7.66. The second-order valence-corrected chi connectivity index (χ2v) is 7.66. The third-order valence-corrected chi connectivity index (χ3v) is 5.63. The van der Waals surface area contributed by atoms with E-state index >= 15 is 0 Å². The van der Waals surface area contributed by atoms with Crippen molar-refractivity contribution >= 4 is 11.8 Å². The largest absolute Gasteiger partial charge is 0.393 e. The van der Waals surface area contributed by atoms with E-state index in [0.717, 1.165) is 19.3 Å². The van der Waals surface area contributed by atoms with Gasteiger partial charge in [0.25, 0.3) is 5.91 Å². The van der Waals surface area contributed by atoms with Crippen molar-refractivity contribution in [1.82, 2.24) is 15.2 Å². The summed E-state index contributed by atoms with van der Waals surface area (Å²) < 4.78 is 6.01. The molecule has 27 heavy (non-hydrogen) atoms. The number of aliphatic hydroxyl groups is 1. The predicted octanol–water partition coefficient (Wildman–Crippen LogP) is 1.69. The Balaban J connectivity index is 1.59. The van der Waals surface area contributed by atoms with E-state index in [0.29, 0.717) is 44.5 Å². The molecule has 2 amide bonds. The molecule has 2 fully saturated rings. The van der Waals surface area contributed by atoms with E-state index in [1.54, 1.807) is 18.5 Å². The van der Waals surface area contributed by atoms with Gasteiger partial charge in [0.15, 0.2) is 0 Å². The van der Waals surface area contributed by atoms with Crippen molar-refractivity contribution in [2.24, 2.45) is 5.92 Å². The third-order valence-electron chi connectivity index (χ3n) is 5.63. The highest BCUT2D eigenvalue weighted by molar-refractivity contribution is 5.94. The molecule has 0 bridgehead atoms. The molecule has 3 N–H and O–H groups in total. The van der Waals surface area contributed by atoms with Crippen molar-refractivity contribution in [1.29, 1.82) is 0 Å². The smallest absolute Gasteiger partial charge is 0.253 e. The molecule has 7 heteroatoms. The number of hydrogen-bond acceptors (Lipinski definition) is 4. The van der Waals surface area contributed by atoms with Crippen molar-refractivity contribution in [3.63, 3.8) is 0 Å². The van der Waals surface area contributed by atoms with Gasteiger partial charge in [-0.2, -0.15) is 0 Å². The summed E-state index contributed by atoms with van der Waals surface area (Å²) in [6, 6.07) is 1.67. The van der Waals surface area contributed by atoms with Gasteiger partial charge < -0.3 is 25.0 Å². The van der Waals surface area contributed by atoms with Crippen LogP contribution < -0.4 is 5.32 Å². The van der Waals surface area contributed by atoms with Crippen molar-refractivity contribution < 1.29 is 19.4 Å². The zero-order valence-corrected chi connectivity index (χ0v) is 16.0. The Bertz CT molecular complexity index is 611. The van der Waals surface area contributed by atoms with Gasteiger partial charge in [-0.05, 0) is 44.6 Å². The van der Waals surface area contributed by atoms with E-state index in [-0.39, 0.29) is 36.0 Å². The van der Waals surface area contributed by atoms with Crippen LogP contribution in [0.2, 0.25) is 0 Å². The Morgan fingerprint density at radius 3 is 2.74 bits per heavy atom. The lowest BCUT2D eigenvalue weighted by Crippen LogP contribution is -2.51. The van der Waals surface area contributed by atoms with Crippen LogP contribution in [0.1, 0.15) is 55.8 Å². The van der Waals surface area contributed by atoms with E-state index in [1.165, 1.54) is 0 Å². The van der Waals surface area contributed by atoms with Crippen LogP contribution in [0.4, 0.5) is 0 Å². The number of carbonyl (C=O) groups is 2. The van der Waals surface area contributed by atoms with Crippen molar-refractivity contribution in [3.8, 4) is 0 Å². The van der Waals surface area contributed by atoms with Gasteiger partial charge in [-0.15, -0.1) is 0 Å². The number of piperidine rings is 1. The van der Waals surface area contributed by atoms with Crippen molar-refractivity contribution in [2.75, 3.05) is 19.7 Å². The number of aliphatic hydroxyl groups excluding tert-OH is 1. The number of aromatic amines is 1. The fourth-order valence-corrected chi connectivity index (χ4v) is 4.03. The van der Waals surface area contributed by atoms with Crippen molar-refractivity contribution in [3.05, 3.63) is 24.0 Å². The number of likely N-dealkylation sites (tertiary alicyclic amines) is 1. The molecule has 3 rings (SSSR count). The Kier molecular flexibility index (Phi) is 6.90. The number of rotatable bonds is 6. The Morgan fingerprint density at radius 2 is 2.07 bits per heavy atom. The molecule has 0 spiro atoms. The number of hydrogen-bond donors (Lipinski definition) is 3. The van der Waals surface area contributed by atoms with E-state index in [9.17, 15) is 14.7 Å². The SMILES string of the molecule is CCCO[C@H]1C[C@@H](C(=O)N2CCC(O)CC2)CC[C@@H]1NC(=O)c1cc[nH]c1. The molecule has 0 aromatic carbocycles. The first-order valence-corrected chi connectivity index (χ1v) is 10.1. The van der Waals surface area contributed by atoms with E-state index in [4.69, 9.17) is 4.74 Å². The summed E-state index contributed by atoms with van der Waals surface area (Å²) in [6.07, 6.45) is 7.31. The molecule has 1 aliphatic carbocycles. The fraction of sp³-hybridized carbons (Fsp3) is 0.700. The average Bonchev–Trinajstić information content (AvgIpc) is 3.22. The maximum absolute atomic E-state index is 12.9. The van der Waals surface area contributed by atoms with Crippen LogP contribution in [0.5, 0.6) is 0 Å². The lowest BCUT2D eigenvalue weighted by Gasteiger charge is -2.39.